The van der Waals surface area contributed by atoms with Gasteiger partial charge in [-0.1, -0.05) is 24.3 Å². The van der Waals surface area contributed by atoms with Gasteiger partial charge in [0.05, 0.1) is 0 Å². The summed E-state index contributed by atoms with van der Waals surface area (Å²) in [6, 6.07) is 6.85. The van der Waals surface area contributed by atoms with Gasteiger partial charge >= 0.3 is 5.97 Å². The number of benzene rings is 1. The van der Waals surface area contributed by atoms with Gasteiger partial charge in [0.2, 0.25) is 0 Å². The van der Waals surface area contributed by atoms with Crippen LogP contribution >= 0.6 is 0 Å². The summed E-state index contributed by atoms with van der Waals surface area (Å²) in [6.07, 6.45) is 0.391. The topological polar surface area (TPSA) is 63.3 Å². The molecule has 0 saturated carbocycles. The van der Waals surface area contributed by atoms with E-state index in [4.69, 9.17) is 10.8 Å². The first kappa shape index (κ1) is 9.74. The molecule has 3 nitrogen and oxygen atoms in total. The molecule has 0 fully saturated rings. The Labute approximate surface area is 77.2 Å². The zero-order valence-electron chi connectivity index (χ0n) is 7.53. The Morgan fingerprint density at radius 1 is 1.54 bits per heavy atom. The van der Waals surface area contributed by atoms with Crippen LogP contribution in [-0.2, 0) is 11.2 Å². The van der Waals surface area contributed by atoms with Crippen LogP contribution in [0.3, 0.4) is 0 Å². The molecule has 1 unspecified atom stereocenters. The van der Waals surface area contributed by atoms with Gasteiger partial charge in [-0.3, -0.25) is 4.79 Å². The third kappa shape index (κ3) is 2.56. The molecule has 0 aliphatic rings. The summed E-state index contributed by atoms with van der Waals surface area (Å²) < 4.78 is 0. The molecule has 1 rings (SSSR count). The van der Waals surface area contributed by atoms with Crippen molar-refractivity contribution >= 4 is 5.97 Å². The summed E-state index contributed by atoms with van der Waals surface area (Å²) in [6.45, 7) is 1.95. The molecule has 0 aromatic heterocycles. The molecule has 0 aliphatic heterocycles. The molecule has 0 aliphatic carbocycles. The van der Waals surface area contributed by atoms with Gasteiger partial charge in [0.15, 0.2) is 0 Å². The highest BCUT2D eigenvalue weighted by Crippen LogP contribution is 2.08. The molecule has 0 amide bonds. The smallest absolute Gasteiger partial charge is 0.320 e. The Morgan fingerprint density at radius 2 is 2.15 bits per heavy atom. The van der Waals surface area contributed by atoms with E-state index in [2.05, 4.69) is 0 Å². The first-order chi connectivity index (χ1) is 6.11. The second kappa shape index (κ2) is 4.05. The number of nitrogens with two attached hydrogens (primary N) is 1. The van der Waals surface area contributed by atoms with Gasteiger partial charge in [-0.2, -0.15) is 0 Å². The fourth-order valence-corrected chi connectivity index (χ4v) is 1.16. The standard InChI is InChI=1S/C10H13NO2/c1-7-4-2-3-5-8(7)6-9(11)10(12)13/h2-5,9H,6,11H2,1H3,(H,12,13). The van der Waals surface area contributed by atoms with E-state index in [1.807, 2.05) is 31.2 Å². The van der Waals surface area contributed by atoms with Crippen molar-refractivity contribution in [2.24, 2.45) is 5.73 Å². The molecule has 1 aromatic carbocycles. The Balaban J connectivity index is 2.74. The minimum absolute atomic E-state index is 0.391. The summed E-state index contributed by atoms with van der Waals surface area (Å²) >= 11 is 0. The van der Waals surface area contributed by atoms with Gasteiger partial charge in [-0.05, 0) is 24.5 Å². The van der Waals surface area contributed by atoms with Gasteiger partial charge in [0, 0.05) is 0 Å². The van der Waals surface area contributed by atoms with E-state index in [-0.39, 0.29) is 0 Å². The van der Waals surface area contributed by atoms with Gasteiger partial charge in [-0.25, -0.2) is 0 Å². The number of carboxylic acids is 1. The number of aryl methyl sites for hydroxylation is 1. The van der Waals surface area contributed by atoms with Crippen LogP contribution in [0.2, 0.25) is 0 Å². The maximum atomic E-state index is 10.5. The number of carbonyl (C=O) groups is 1. The summed E-state index contributed by atoms with van der Waals surface area (Å²) in [4.78, 5) is 10.5. The van der Waals surface area contributed by atoms with Crippen LogP contribution in [0.1, 0.15) is 11.1 Å². The SMILES string of the molecule is Cc1ccccc1CC(N)C(=O)O. The van der Waals surface area contributed by atoms with E-state index in [9.17, 15) is 4.79 Å². The highest BCUT2D eigenvalue weighted by atomic mass is 16.4. The number of aliphatic carboxylic acids is 1. The van der Waals surface area contributed by atoms with Crippen molar-refractivity contribution in [1.82, 2.24) is 0 Å². The molecule has 70 valence electrons. The molecule has 0 saturated heterocycles. The lowest BCUT2D eigenvalue weighted by Crippen LogP contribution is -2.32. The van der Waals surface area contributed by atoms with Crippen molar-refractivity contribution in [3.05, 3.63) is 35.4 Å². The number of hydrogen-bond acceptors (Lipinski definition) is 2. The van der Waals surface area contributed by atoms with Crippen molar-refractivity contribution in [3.63, 3.8) is 0 Å². The largest absolute Gasteiger partial charge is 0.480 e. The second-order valence-corrected chi connectivity index (χ2v) is 3.08. The molecule has 0 spiro atoms. The first-order valence-electron chi connectivity index (χ1n) is 4.14. The van der Waals surface area contributed by atoms with Crippen LogP contribution in [0, 0.1) is 6.92 Å². The third-order valence-corrected chi connectivity index (χ3v) is 2.02. The third-order valence-electron chi connectivity index (χ3n) is 2.02. The van der Waals surface area contributed by atoms with Gasteiger partial charge in [-0.15, -0.1) is 0 Å². The number of carboxylic acid groups (broad SMARTS) is 1. The maximum Gasteiger partial charge on any atom is 0.320 e. The van der Waals surface area contributed by atoms with Gasteiger partial charge in [0.25, 0.3) is 0 Å². The van der Waals surface area contributed by atoms with Crippen LogP contribution < -0.4 is 5.73 Å². The van der Waals surface area contributed by atoms with E-state index in [0.29, 0.717) is 6.42 Å². The molecule has 0 radical (unpaired) electrons. The highest BCUT2D eigenvalue weighted by Gasteiger charge is 2.12. The van der Waals surface area contributed by atoms with Crippen LogP contribution in [-0.4, -0.2) is 17.1 Å². The zero-order chi connectivity index (χ0) is 9.84. The van der Waals surface area contributed by atoms with E-state index in [0.717, 1.165) is 11.1 Å². The predicted molar refractivity (Wildman–Crippen MR) is 50.5 cm³/mol. The lowest BCUT2D eigenvalue weighted by atomic mass is 10.0. The molecule has 0 heterocycles. The minimum atomic E-state index is -0.955. The van der Waals surface area contributed by atoms with Crippen molar-refractivity contribution in [2.45, 2.75) is 19.4 Å². The molecule has 3 heteroatoms. The monoisotopic (exact) mass is 179 g/mol. The number of rotatable bonds is 3. The van der Waals surface area contributed by atoms with Gasteiger partial charge < -0.3 is 10.8 Å². The Morgan fingerprint density at radius 3 is 2.69 bits per heavy atom. The lowest BCUT2D eigenvalue weighted by Gasteiger charge is -2.08. The van der Waals surface area contributed by atoms with Crippen molar-refractivity contribution in [3.8, 4) is 0 Å². The van der Waals surface area contributed by atoms with Crippen molar-refractivity contribution < 1.29 is 9.90 Å². The molecule has 1 atom stereocenters. The average Bonchev–Trinajstić information content (AvgIpc) is 2.08. The van der Waals surface area contributed by atoms with Crippen LogP contribution in [0.5, 0.6) is 0 Å². The molecule has 13 heavy (non-hydrogen) atoms. The highest BCUT2D eigenvalue weighted by molar-refractivity contribution is 5.73. The normalized spacial score (nSPS) is 12.5. The summed E-state index contributed by atoms with van der Waals surface area (Å²) in [7, 11) is 0. The Hall–Kier alpha value is -1.35. The fourth-order valence-electron chi connectivity index (χ4n) is 1.16. The summed E-state index contributed by atoms with van der Waals surface area (Å²) in [5.74, 6) is -0.955. The van der Waals surface area contributed by atoms with Crippen molar-refractivity contribution in [2.75, 3.05) is 0 Å². The zero-order valence-corrected chi connectivity index (χ0v) is 7.53. The maximum absolute atomic E-state index is 10.5. The summed E-state index contributed by atoms with van der Waals surface area (Å²) in [5, 5.41) is 8.61. The van der Waals surface area contributed by atoms with E-state index < -0.39 is 12.0 Å². The quantitative estimate of drug-likeness (QED) is 0.726. The van der Waals surface area contributed by atoms with Gasteiger partial charge in [0.1, 0.15) is 6.04 Å². The molecule has 0 bridgehead atoms. The summed E-state index contributed by atoms with van der Waals surface area (Å²) in [5.41, 5.74) is 7.50. The molecule has 3 N–H and O–H groups in total. The van der Waals surface area contributed by atoms with E-state index >= 15 is 0 Å². The molecular formula is C10H13NO2. The van der Waals surface area contributed by atoms with Crippen LogP contribution in [0.25, 0.3) is 0 Å². The van der Waals surface area contributed by atoms with E-state index in [1.165, 1.54) is 0 Å². The second-order valence-electron chi connectivity index (χ2n) is 3.08. The predicted octanol–water partition coefficient (Wildman–Crippen LogP) is 0.949. The Bertz CT molecular complexity index is 310. The minimum Gasteiger partial charge on any atom is -0.480 e. The fraction of sp³-hybridized carbons (Fsp3) is 0.300. The first-order valence-corrected chi connectivity index (χ1v) is 4.14. The van der Waals surface area contributed by atoms with Crippen LogP contribution in [0.15, 0.2) is 24.3 Å². The molecular weight excluding hydrogens is 166 g/mol. The molecule has 1 aromatic rings. The Kier molecular flexibility index (Phi) is 3.03. The van der Waals surface area contributed by atoms with E-state index in [1.54, 1.807) is 0 Å². The average molecular weight is 179 g/mol. The van der Waals surface area contributed by atoms with Crippen molar-refractivity contribution in [1.29, 1.82) is 0 Å². The van der Waals surface area contributed by atoms with Crippen LogP contribution in [0.4, 0.5) is 0 Å². The lowest BCUT2D eigenvalue weighted by molar-refractivity contribution is -0.138. The number of hydrogen-bond donors (Lipinski definition) is 2.